The number of likely N-dealkylation sites (N-methyl/N-ethyl adjacent to an activating group) is 1. The summed E-state index contributed by atoms with van der Waals surface area (Å²) in [6, 6.07) is 0. The van der Waals surface area contributed by atoms with Gasteiger partial charge in [0.2, 0.25) is 0 Å². The average molecular weight is 268 g/mol. The van der Waals surface area contributed by atoms with E-state index in [-0.39, 0.29) is 5.91 Å². The molecule has 6 heteroatoms. The standard InChI is InChI=1S/C13H24N4O2/c1-4-7-10-11(14)12(16-15-10)13(18)17(5-2)8-9-19-6-3/h4-9,14H2,1-3H3,(H,15,16). The van der Waals surface area contributed by atoms with Crippen molar-refractivity contribution in [3.05, 3.63) is 11.4 Å². The van der Waals surface area contributed by atoms with Gasteiger partial charge in [0.25, 0.3) is 5.91 Å². The second-order valence-electron chi connectivity index (χ2n) is 4.30. The Morgan fingerprint density at radius 2 is 2.16 bits per heavy atom. The molecule has 0 atom stereocenters. The van der Waals surface area contributed by atoms with E-state index in [4.69, 9.17) is 10.5 Å². The monoisotopic (exact) mass is 268 g/mol. The van der Waals surface area contributed by atoms with Crippen molar-refractivity contribution in [1.82, 2.24) is 15.1 Å². The molecule has 0 aromatic carbocycles. The third-order valence-electron chi connectivity index (χ3n) is 2.96. The number of ether oxygens (including phenoxy) is 1. The summed E-state index contributed by atoms with van der Waals surface area (Å²) in [6.45, 7) is 8.27. The van der Waals surface area contributed by atoms with Crippen molar-refractivity contribution in [2.24, 2.45) is 0 Å². The first-order valence-electron chi connectivity index (χ1n) is 6.85. The van der Waals surface area contributed by atoms with Gasteiger partial charge in [-0.2, -0.15) is 5.10 Å². The summed E-state index contributed by atoms with van der Waals surface area (Å²) >= 11 is 0. The number of hydrogen-bond donors (Lipinski definition) is 2. The first-order chi connectivity index (χ1) is 9.15. The molecule has 108 valence electrons. The van der Waals surface area contributed by atoms with E-state index in [1.165, 1.54) is 0 Å². The van der Waals surface area contributed by atoms with E-state index >= 15 is 0 Å². The summed E-state index contributed by atoms with van der Waals surface area (Å²) in [7, 11) is 0. The first-order valence-corrected chi connectivity index (χ1v) is 6.85. The predicted molar refractivity (Wildman–Crippen MR) is 75.1 cm³/mol. The van der Waals surface area contributed by atoms with Crippen LogP contribution in [0.15, 0.2) is 0 Å². The molecule has 0 spiro atoms. The maximum absolute atomic E-state index is 12.3. The largest absolute Gasteiger partial charge is 0.395 e. The molecule has 0 aliphatic rings. The molecule has 3 N–H and O–H groups in total. The third-order valence-corrected chi connectivity index (χ3v) is 2.96. The molecular weight excluding hydrogens is 244 g/mol. The first kappa shape index (κ1) is 15.5. The molecule has 0 radical (unpaired) electrons. The van der Waals surface area contributed by atoms with Gasteiger partial charge in [-0.1, -0.05) is 13.3 Å². The molecule has 0 bridgehead atoms. The molecule has 0 saturated carbocycles. The number of nitrogens with one attached hydrogen (secondary N) is 1. The molecule has 1 rings (SSSR count). The van der Waals surface area contributed by atoms with Gasteiger partial charge < -0.3 is 15.4 Å². The number of amides is 1. The van der Waals surface area contributed by atoms with Gasteiger partial charge in [-0.05, 0) is 20.3 Å². The Morgan fingerprint density at radius 3 is 2.74 bits per heavy atom. The highest BCUT2D eigenvalue weighted by Gasteiger charge is 2.21. The number of nitrogens with zero attached hydrogens (tertiary/aromatic N) is 2. The number of carbonyl (C=O) groups excluding carboxylic acids is 1. The molecule has 1 amide bonds. The smallest absolute Gasteiger partial charge is 0.276 e. The van der Waals surface area contributed by atoms with Crippen LogP contribution in [0.1, 0.15) is 43.4 Å². The summed E-state index contributed by atoms with van der Waals surface area (Å²) in [5, 5.41) is 6.90. The number of rotatable bonds is 8. The zero-order valence-corrected chi connectivity index (χ0v) is 12.0. The normalized spacial score (nSPS) is 10.7. The van der Waals surface area contributed by atoms with Crippen molar-refractivity contribution < 1.29 is 9.53 Å². The highest BCUT2D eigenvalue weighted by Crippen LogP contribution is 2.17. The van der Waals surface area contributed by atoms with Crippen LogP contribution in [0, 0.1) is 0 Å². The number of nitrogens with two attached hydrogens (primary N) is 1. The summed E-state index contributed by atoms with van der Waals surface area (Å²) in [4.78, 5) is 14.0. The lowest BCUT2D eigenvalue weighted by atomic mass is 10.2. The molecule has 0 aliphatic carbocycles. The van der Waals surface area contributed by atoms with Crippen LogP contribution >= 0.6 is 0 Å². The van der Waals surface area contributed by atoms with Gasteiger partial charge in [-0.3, -0.25) is 9.89 Å². The Hall–Kier alpha value is -1.56. The van der Waals surface area contributed by atoms with Gasteiger partial charge in [0.05, 0.1) is 18.0 Å². The molecule has 1 aromatic rings. The fraction of sp³-hybridized carbons (Fsp3) is 0.692. The molecule has 0 aliphatic heterocycles. The maximum Gasteiger partial charge on any atom is 0.276 e. The van der Waals surface area contributed by atoms with Crippen molar-refractivity contribution >= 4 is 11.6 Å². The Balaban J connectivity index is 2.74. The van der Waals surface area contributed by atoms with Crippen LogP contribution in [0.5, 0.6) is 0 Å². The minimum Gasteiger partial charge on any atom is -0.395 e. The highest BCUT2D eigenvalue weighted by molar-refractivity contribution is 5.97. The van der Waals surface area contributed by atoms with Crippen LogP contribution in [-0.2, 0) is 11.2 Å². The van der Waals surface area contributed by atoms with E-state index in [0.29, 0.717) is 37.7 Å². The second-order valence-corrected chi connectivity index (χ2v) is 4.30. The number of H-pyrrole nitrogens is 1. The van der Waals surface area contributed by atoms with Gasteiger partial charge in [0.15, 0.2) is 5.69 Å². The molecule has 0 unspecified atom stereocenters. The Morgan fingerprint density at radius 1 is 1.42 bits per heavy atom. The number of aromatic amines is 1. The summed E-state index contributed by atoms with van der Waals surface area (Å²) < 4.78 is 5.27. The van der Waals surface area contributed by atoms with Gasteiger partial charge >= 0.3 is 0 Å². The SMILES string of the molecule is CCCc1[nH]nc(C(=O)N(CC)CCOCC)c1N. The van der Waals surface area contributed by atoms with Crippen LogP contribution in [0.4, 0.5) is 5.69 Å². The zero-order chi connectivity index (χ0) is 14.3. The van der Waals surface area contributed by atoms with Crippen molar-refractivity contribution in [2.45, 2.75) is 33.6 Å². The van der Waals surface area contributed by atoms with E-state index in [1.807, 2.05) is 13.8 Å². The van der Waals surface area contributed by atoms with Crippen molar-refractivity contribution in [3.8, 4) is 0 Å². The lowest BCUT2D eigenvalue weighted by Crippen LogP contribution is -2.34. The van der Waals surface area contributed by atoms with Crippen molar-refractivity contribution in [2.75, 3.05) is 32.0 Å². The van der Waals surface area contributed by atoms with E-state index in [0.717, 1.165) is 18.5 Å². The van der Waals surface area contributed by atoms with E-state index in [2.05, 4.69) is 17.1 Å². The Bertz CT molecular complexity index is 403. The highest BCUT2D eigenvalue weighted by atomic mass is 16.5. The minimum atomic E-state index is -0.140. The summed E-state index contributed by atoms with van der Waals surface area (Å²) in [5.74, 6) is -0.140. The molecule has 1 heterocycles. The zero-order valence-electron chi connectivity index (χ0n) is 12.0. The molecule has 0 fully saturated rings. The predicted octanol–water partition coefficient (Wildman–Crippen LogP) is 1.44. The maximum atomic E-state index is 12.3. The summed E-state index contributed by atoms with van der Waals surface area (Å²) in [5.41, 5.74) is 7.60. The van der Waals surface area contributed by atoms with E-state index in [9.17, 15) is 4.79 Å². The van der Waals surface area contributed by atoms with E-state index in [1.54, 1.807) is 4.90 Å². The number of hydrogen-bond acceptors (Lipinski definition) is 4. The molecule has 19 heavy (non-hydrogen) atoms. The van der Waals surface area contributed by atoms with Gasteiger partial charge in [0.1, 0.15) is 0 Å². The van der Waals surface area contributed by atoms with Crippen molar-refractivity contribution in [3.63, 3.8) is 0 Å². The number of carbonyl (C=O) groups is 1. The lowest BCUT2D eigenvalue weighted by Gasteiger charge is -2.19. The van der Waals surface area contributed by atoms with Crippen LogP contribution in [-0.4, -0.2) is 47.3 Å². The molecular formula is C13H24N4O2. The number of aromatic nitrogens is 2. The topological polar surface area (TPSA) is 84.2 Å². The fourth-order valence-electron chi connectivity index (χ4n) is 1.86. The van der Waals surface area contributed by atoms with Crippen LogP contribution in [0.2, 0.25) is 0 Å². The second kappa shape index (κ2) is 7.78. The quantitative estimate of drug-likeness (QED) is 0.699. The number of nitrogen functional groups attached to an aromatic ring is 1. The molecule has 0 saturated heterocycles. The Labute approximate surface area is 114 Å². The van der Waals surface area contributed by atoms with Crippen LogP contribution < -0.4 is 5.73 Å². The van der Waals surface area contributed by atoms with E-state index < -0.39 is 0 Å². The van der Waals surface area contributed by atoms with Gasteiger partial charge in [0, 0.05) is 19.7 Å². The minimum absolute atomic E-state index is 0.140. The fourth-order valence-corrected chi connectivity index (χ4v) is 1.86. The number of aryl methyl sites for hydroxylation is 1. The molecule has 1 aromatic heterocycles. The summed E-state index contributed by atoms with van der Waals surface area (Å²) in [6.07, 6.45) is 1.76. The number of anilines is 1. The molecule has 6 nitrogen and oxygen atoms in total. The lowest BCUT2D eigenvalue weighted by molar-refractivity contribution is 0.0664. The van der Waals surface area contributed by atoms with Crippen LogP contribution in [0.25, 0.3) is 0 Å². The average Bonchev–Trinajstić information content (AvgIpc) is 2.76. The van der Waals surface area contributed by atoms with Gasteiger partial charge in [-0.25, -0.2) is 0 Å². The van der Waals surface area contributed by atoms with Crippen molar-refractivity contribution in [1.29, 1.82) is 0 Å². The third kappa shape index (κ3) is 3.96. The van der Waals surface area contributed by atoms with Gasteiger partial charge in [-0.15, -0.1) is 0 Å². The Kier molecular flexibility index (Phi) is 6.35. The van der Waals surface area contributed by atoms with Crippen LogP contribution in [0.3, 0.4) is 0 Å².